The smallest absolute Gasteiger partial charge is 0.265 e. The van der Waals surface area contributed by atoms with E-state index in [1.807, 2.05) is 25.1 Å². The largest absolute Gasteiger partial charge is 0.380 e. The number of hydrogen-bond donors (Lipinski definition) is 1. The lowest BCUT2D eigenvalue weighted by Gasteiger charge is -2.35. The van der Waals surface area contributed by atoms with Crippen molar-refractivity contribution in [1.29, 1.82) is 0 Å². The van der Waals surface area contributed by atoms with Gasteiger partial charge in [0, 0.05) is 31.7 Å². The molecule has 5 rings (SSSR count). The quantitative estimate of drug-likeness (QED) is 0.705. The Hall–Kier alpha value is -2.77. The minimum atomic E-state index is -1.14. The Balaban J connectivity index is 1.32. The predicted octanol–water partition coefficient (Wildman–Crippen LogP) is 3.08. The van der Waals surface area contributed by atoms with Crippen molar-refractivity contribution in [3.05, 3.63) is 53.0 Å². The number of hydrogen-bond acceptors (Lipinski definition) is 5. The van der Waals surface area contributed by atoms with E-state index >= 15 is 0 Å². The zero-order valence-corrected chi connectivity index (χ0v) is 17.6. The third-order valence-electron chi connectivity index (χ3n) is 5.96. The molecule has 2 amide bonds. The molecular formula is C23H23N3O3S. The molecule has 2 heterocycles. The van der Waals surface area contributed by atoms with E-state index in [1.165, 1.54) is 16.7 Å². The van der Waals surface area contributed by atoms with Crippen molar-refractivity contribution in [3.8, 4) is 10.6 Å². The Bertz CT molecular complexity index is 1140. The first-order valence-corrected chi connectivity index (χ1v) is 11.0. The molecule has 1 aromatic heterocycles. The van der Waals surface area contributed by atoms with E-state index in [-0.39, 0.29) is 11.8 Å². The second-order valence-corrected chi connectivity index (χ2v) is 9.11. The molecule has 1 aliphatic carbocycles. The van der Waals surface area contributed by atoms with Crippen LogP contribution in [0.25, 0.3) is 21.3 Å². The third-order valence-corrected chi connectivity index (χ3v) is 7.16. The number of rotatable bonds is 3. The first-order chi connectivity index (χ1) is 14.4. The predicted molar refractivity (Wildman–Crippen MR) is 116 cm³/mol. The summed E-state index contributed by atoms with van der Waals surface area (Å²) < 4.78 is 0. The van der Waals surface area contributed by atoms with Crippen LogP contribution in [0.3, 0.4) is 0 Å². The molecule has 1 saturated carbocycles. The molecule has 1 saturated heterocycles. The van der Waals surface area contributed by atoms with Crippen molar-refractivity contribution in [1.82, 2.24) is 14.8 Å². The summed E-state index contributed by atoms with van der Waals surface area (Å²) in [5.41, 5.74) is 0.600. The number of carbonyl (C=O) groups is 2. The van der Waals surface area contributed by atoms with E-state index < -0.39 is 5.60 Å². The lowest BCUT2D eigenvalue weighted by atomic mass is 10.1. The number of fused-ring (bicyclic) bond motifs is 1. The van der Waals surface area contributed by atoms with Crippen LogP contribution in [0.4, 0.5) is 0 Å². The number of carbonyl (C=O) groups excluding carboxylic acids is 2. The molecule has 0 bridgehead atoms. The highest BCUT2D eigenvalue weighted by atomic mass is 32.1. The molecule has 0 atom stereocenters. The second kappa shape index (κ2) is 7.18. The number of benzene rings is 2. The van der Waals surface area contributed by atoms with Gasteiger partial charge in [-0.3, -0.25) is 9.59 Å². The molecule has 0 radical (unpaired) electrons. The fourth-order valence-corrected chi connectivity index (χ4v) is 4.95. The first kappa shape index (κ1) is 19.2. The van der Waals surface area contributed by atoms with E-state index in [1.54, 1.807) is 9.80 Å². The van der Waals surface area contributed by atoms with Gasteiger partial charge in [0.15, 0.2) is 0 Å². The van der Waals surface area contributed by atoms with Crippen molar-refractivity contribution >= 4 is 33.9 Å². The van der Waals surface area contributed by atoms with Gasteiger partial charge < -0.3 is 14.9 Å². The average molecular weight is 422 g/mol. The van der Waals surface area contributed by atoms with E-state index in [0.717, 1.165) is 21.7 Å². The van der Waals surface area contributed by atoms with Crippen molar-refractivity contribution in [2.75, 3.05) is 26.2 Å². The van der Waals surface area contributed by atoms with Crippen molar-refractivity contribution in [2.45, 2.75) is 25.4 Å². The molecule has 1 aliphatic heterocycles. The van der Waals surface area contributed by atoms with Gasteiger partial charge >= 0.3 is 0 Å². The van der Waals surface area contributed by atoms with Crippen LogP contribution in [0.5, 0.6) is 0 Å². The number of aryl methyl sites for hydroxylation is 1. The zero-order valence-electron chi connectivity index (χ0n) is 16.8. The van der Waals surface area contributed by atoms with E-state index in [9.17, 15) is 14.7 Å². The van der Waals surface area contributed by atoms with Gasteiger partial charge in [-0.05, 0) is 36.6 Å². The molecule has 2 fully saturated rings. The van der Waals surface area contributed by atoms with Gasteiger partial charge in [-0.15, -0.1) is 11.3 Å². The molecule has 6 nitrogen and oxygen atoms in total. The minimum absolute atomic E-state index is 0.0331. The van der Waals surface area contributed by atoms with Crippen LogP contribution in [0.1, 0.15) is 28.2 Å². The Kier molecular flexibility index (Phi) is 4.60. The average Bonchev–Trinajstić information content (AvgIpc) is 3.41. The number of nitrogens with zero attached hydrogens (tertiary/aromatic N) is 3. The summed E-state index contributed by atoms with van der Waals surface area (Å²) in [5.74, 6) is -0.226. The number of aliphatic hydroxyl groups is 1. The summed E-state index contributed by atoms with van der Waals surface area (Å²) in [7, 11) is 0. The first-order valence-electron chi connectivity index (χ1n) is 10.2. The van der Waals surface area contributed by atoms with Gasteiger partial charge in [0.1, 0.15) is 15.5 Å². The zero-order chi connectivity index (χ0) is 20.9. The van der Waals surface area contributed by atoms with Gasteiger partial charge in [0.2, 0.25) is 0 Å². The summed E-state index contributed by atoms with van der Waals surface area (Å²) in [6, 6.07) is 14.4. The fourth-order valence-electron chi connectivity index (χ4n) is 3.92. The Labute approximate surface area is 178 Å². The maximum atomic E-state index is 13.1. The van der Waals surface area contributed by atoms with E-state index in [0.29, 0.717) is 43.9 Å². The molecule has 154 valence electrons. The molecule has 0 spiro atoms. The van der Waals surface area contributed by atoms with Crippen LogP contribution in [0.2, 0.25) is 0 Å². The third kappa shape index (κ3) is 3.38. The summed E-state index contributed by atoms with van der Waals surface area (Å²) in [5, 5.41) is 13.2. The summed E-state index contributed by atoms with van der Waals surface area (Å²) in [6.45, 7) is 3.74. The standard InChI is InChI=1S/C23H23N3O3S/c1-15-19(21(27)25-10-12-26(13-11-25)22(28)23(29)8-9-23)30-20(24-15)18-7-6-16-4-2-3-5-17(16)14-18/h2-7,14,29H,8-13H2,1H3. The summed E-state index contributed by atoms with van der Waals surface area (Å²) in [6.07, 6.45) is 1.09. The van der Waals surface area contributed by atoms with E-state index in [2.05, 4.69) is 29.2 Å². The van der Waals surface area contributed by atoms with Gasteiger partial charge in [0.25, 0.3) is 11.8 Å². The van der Waals surface area contributed by atoms with Crippen molar-refractivity contribution in [3.63, 3.8) is 0 Å². The monoisotopic (exact) mass is 421 g/mol. The molecule has 0 unspecified atom stereocenters. The van der Waals surface area contributed by atoms with Gasteiger partial charge in [-0.2, -0.15) is 0 Å². The molecule has 1 N–H and O–H groups in total. The summed E-state index contributed by atoms with van der Waals surface area (Å²) in [4.78, 5) is 34.2. The molecule has 30 heavy (non-hydrogen) atoms. The van der Waals surface area contributed by atoms with Gasteiger partial charge in [-0.1, -0.05) is 36.4 Å². The normalized spacial score (nSPS) is 17.9. The number of thiazole rings is 1. The molecule has 2 aromatic carbocycles. The highest BCUT2D eigenvalue weighted by Crippen LogP contribution is 2.37. The number of piperazine rings is 1. The van der Waals surface area contributed by atoms with Crippen LogP contribution < -0.4 is 0 Å². The molecule has 7 heteroatoms. The van der Waals surface area contributed by atoms with Crippen LogP contribution in [0.15, 0.2) is 42.5 Å². The van der Waals surface area contributed by atoms with Crippen LogP contribution in [0, 0.1) is 6.92 Å². The lowest BCUT2D eigenvalue weighted by molar-refractivity contribution is -0.143. The number of amides is 2. The molecular weight excluding hydrogens is 398 g/mol. The summed E-state index contributed by atoms with van der Waals surface area (Å²) >= 11 is 1.42. The minimum Gasteiger partial charge on any atom is -0.380 e. The lowest BCUT2D eigenvalue weighted by Crippen LogP contribution is -2.53. The molecule has 2 aliphatic rings. The highest BCUT2D eigenvalue weighted by molar-refractivity contribution is 7.17. The highest BCUT2D eigenvalue weighted by Gasteiger charge is 2.50. The van der Waals surface area contributed by atoms with Crippen LogP contribution >= 0.6 is 11.3 Å². The Morgan fingerprint density at radius 3 is 2.37 bits per heavy atom. The fraction of sp³-hybridized carbons (Fsp3) is 0.348. The van der Waals surface area contributed by atoms with Gasteiger partial charge in [0.05, 0.1) is 5.69 Å². The van der Waals surface area contributed by atoms with Crippen LogP contribution in [-0.2, 0) is 4.79 Å². The van der Waals surface area contributed by atoms with Crippen molar-refractivity contribution in [2.24, 2.45) is 0 Å². The topological polar surface area (TPSA) is 73.7 Å². The Morgan fingerprint density at radius 2 is 1.67 bits per heavy atom. The second-order valence-electron chi connectivity index (χ2n) is 8.11. The maximum Gasteiger partial charge on any atom is 0.265 e. The van der Waals surface area contributed by atoms with Crippen LogP contribution in [-0.4, -0.2) is 63.5 Å². The number of aromatic nitrogens is 1. The maximum absolute atomic E-state index is 13.1. The molecule has 3 aromatic rings. The van der Waals surface area contributed by atoms with Crippen molar-refractivity contribution < 1.29 is 14.7 Å². The SMILES string of the molecule is Cc1nc(-c2ccc3ccccc3c2)sc1C(=O)N1CCN(C(=O)C2(O)CC2)CC1. The van der Waals surface area contributed by atoms with Gasteiger partial charge in [-0.25, -0.2) is 4.98 Å². The van der Waals surface area contributed by atoms with E-state index in [4.69, 9.17) is 0 Å². The Morgan fingerprint density at radius 1 is 1.00 bits per heavy atom.